The first-order valence-corrected chi connectivity index (χ1v) is 7.14. The van der Waals surface area contributed by atoms with Gasteiger partial charge in [0, 0.05) is 0 Å². The largest absolute Gasteiger partial charge is 0.492 e. The summed E-state index contributed by atoms with van der Waals surface area (Å²) in [6.07, 6.45) is 2.36. The molecule has 1 unspecified atom stereocenters. The number of aliphatic hydroxyl groups excluding tert-OH is 1. The van der Waals surface area contributed by atoms with Crippen molar-refractivity contribution in [3.8, 4) is 5.75 Å². The molecule has 0 amide bonds. The predicted octanol–water partition coefficient (Wildman–Crippen LogP) is 2.55. The van der Waals surface area contributed by atoms with Crippen molar-refractivity contribution in [3.63, 3.8) is 0 Å². The van der Waals surface area contributed by atoms with E-state index in [0.29, 0.717) is 18.4 Å². The molecule has 1 fully saturated rings. The number of hydrogen-bond donors (Lipinski definition) is 2. The molecule has 0 saturated heterocycles. The second kappa shape index (κ2) is 5.93. The molecular formula is C16H25NO2. The van der Waals surface area contributed by atoms with E-state index >= 15 is 0 Å². The van der Waals surface area contributed by atoms with Gasteiger partial charge in [0.15, 0.2) is 0 Å². The molecule has 3 nitrogen and oxygen atoms in total. The fourth-order valence-electron chi connectivity index (χ4n) is 2.44. The molecule has 0 spiro atoms. The normalized spacial score (nSPS) is 18.4. The Morgan fingerprint density at radius 2 is 1.95 bits per heavy atom. The Bertz CT molecular complexity index is 392. The third-order valence-corrected chi connectivity index (χ3v) is 4.18. The van der Waals surface area contributed by atoms with Crippen LogP contribution in [0.25, 0.3) is 0 Å². The SMILES string of the molecule is CNC(CO)(COc1ccc(C(C)C)cc1)C1CC1. The van der Waals surface area contributed by atoms with E-state index in [0.717, 1.165) is 5.75 Å². The first-order chi connectivity index (χ1) is 9.11. The van der Waals surface area contributed by atoms with E-state index in [9.17, 15) is 5.11 Å². The van der Waals surface area contributed by atoms with Crippen LogP contribution in [0.4, 0.5) is 0 Å². The average Bonchev–Trinajstić information content (AvgIpc) is 3.26. The van der Waals surface area contributed by atoms with E-state index in [1.54, 1.807) is 0 Å². The summed E-state index contributed by atoms with van der Waals surface area (Å²) < 4.78 is 5.87. The fraction of sp³-hybridized carbons (Fsp3) is 0.625. The lowest BCUT2D eigenvalue weighted by molar-refractivity contribution is 0.0915. The van der Waals surface area contributed by atoms with Crippen LogP contribution < -0.4 is 10.1 Å². The van der Waals surface area contributed by atoms with Gasteiger partial charge in [-0.05, 0) is 49.4 Å². The molecule has 1 aliphatic carbocycles. The molecule has 0 radical (unpaired) electrons. The summed E-state index contributed by atoms with van der Waals surface area (Å²) in [5.74, 6) is 1.95. The molecule has 0 aromatic heterocycles. The summed E-state index contributed by atoms with van der Waals surface area (Å²) in [7, 11) is 1.90. The second-order valence-electron chi connectivity index (χ2n) is 5.85. The van der Waals surface area contributed by atoms with Gasteiger partial charge in [-0.2, -0.15) is 0 Å². The maximum atomic E-state index is 9.64. The zero-order valence-electron chi connectivity index (χ0n) is 12.1. The van der Waals surface area contributed by atoms with Crippen molar-refractivity contribution in [3.05, 3.63) is 29.8 Å². The molecule has 2 rings (SSSR count). The minimum Gasteiger partial charge on any atom is -0.492 e. The molecular weight excluding hydrogens is 238 g/mol. The smallest absolute Gasteiger partial charge is 0.119 e. The first-order valence-electron chi connectivity index (χ1n) is 7.14. The predicted molar refractivity (Wildman–Crippen MR) is 77.6 cm³/mol. The van der Waals surface area contributed by atoms with Crippen molar-refractivity contribution in [1.29, 1.82) is 0 Å². The van der Waals surface area contributed by atoms with Gasteiger partial charge in [0.1, 0.15) is 12.4 Å². The number of ether oxygens (including phenoxy) is 1. The van der Waals surface area contributed by atoms with E-state index in [2.05, 4.69) is 31.3 Å². The van der Waals surface area contributed by atoms with E-state index < -0.39 is 0 Å². The Labute approximate surface area is 116 Å². The van der Waals surface area contributed by atoms with E-state index in [4.69, 9.17) is 4.74 Å². The molecule has 106 valence electrons. The minimum atomic E-state index is -0.281. The topological polar surface area (TPSA) is 41.5 Å². The molecule has 3 heteroatoms. The maximum Gasteiger partial charge on any atom is 0.119 e. The van der Waals surface area contributed by atoms with Crippen molar-refractivity contribution >= 4 is 0 Å². The minimum absolute atomic E-state index is 0.123. The summed E-state index contributed by atoms with van der Waals surface area (Å²) in [5, 5.41) is 12.9. The van der Waals surface area contributed by atoms with Crippen molar-refractivity contribution in [2.75, 3.05) is 20.3 Å². The quantitative estimate of drug-likeness (QED) is 0.794. The van der Waals surface area contributed by atoms with Crippen LogP contribution in [0, 0.1) is 5.92 Å². The van der Waals surface area contributed by atoms with E-state index in [-0.39, 0.29) is 12.1 Å². The zero-order valence-corrected chi connectivity index (χ0v) is 12.1. The van der Waals surface area contributed by atoms with Gasteiger partial charge in [0.05, 0.1) is 12.1 Å². The summed E-state index contributed by atoms with van der Waals surface area (Å²) in [6, 6.07) is 8.24. The Hall–Kier alpha value is -1.06. The average molecular weight is 263 g/mol. The third-order valence-electron chi connectivity index (χ3n) is 4.18. The summed E-state index contributed by atoms with van der Waals surface area (Å²) in [5.41, 5.74) is 1.04. The van der Waals surface area contributed by atoms with Gasteiger partial charge in [0.2, 0.25) is 0 Å². The Kier molecular flexibility index (Phi) is 4.48. The maximum absolute atomic E-state index is 9.64. The molecule has 1 aromatic rings. The van der Waals surface area contributed by atoms with Crippen LogP contribution in [0.15, 0.2) is 24.3 Å². The van der Waals surface area contributed by atoms with Crippen molar-refractivity contribution in [2.24, 2.45) is 5.92 Å². The fourth-order valence-corrected chi connectivity index (χ4v) is 2.44. The number of hydrogen-bond acceptors (Lipinski definition) is 3. The molecule has 0 heterocycles. The van der Waals surface area contributed by atoms with Crippen molar-refractivity contribution in [2.45, 2.75) is 38.1 Å². The highest BCUT2D eigenvalue weighted by Gasteiger charge is 2.44. The van der Waals surface area contributed by atoms with Gasteiger partial charge < -0.3 is 15.2 Å². The van der Waals surface area contributed by atoms with Crippen molar-refractivity contribution in [1.82, 2.24) is 5.32 Å². The Balaban J connectivity index is 1.97. The lowest BCUT2D eigenvalue weighted by Gasteiger charge is -2.31. The van der Waals surface area contributed by atoms with Crippen LogP contribution in [0.1, 0.15) is 38.2 Å². The van der Waals surface area contributed by atoms with Gasteiger partial charge in [0.25, 0.3) is 0 Å². The Morgan fingerprint density at radius 1 is 1.32 bits per heavy atom. The number of nitrogens with one attached hydrogen (secondary N) is 1. The summed E-state index contributed by atoms with van der Waals surface area (Å²) in [4.78, 5) is 0. The molecule has 1 aliphatic rings. The third kappa shape index (κ3) is 3.28. The lowest BCUT2D eigenvalue weighted by Crippen LogP contribution is -2.53. The van der Waals surface area contributed by atoms with Gasteiger partial charge in [-0.25, -0.2) is 0 Å². The second-order valence-corrected chi connectivity index (χ2v) is 5.85. The summed E-state index contributed by atoms with van der Waals surface area (Å²) in [6.45, 7) is 5.01. The molecule has 1 aromatic carbocycles. The van der Waals surface area contributed by atoms with Crippen LogP contribution >= 0.6 is 0 Å². The van der Waals surface area contributed by atoms with E-state index in [1.807, 2.05) is 19.2 Å². The van der Waals surface area contributed by atoms with E-state index in [1.165, 1.54) is 18.4 Å². The van der Waals surface area contributed by atoms with Crippen LogP contribution in [0.2, 0.25) is 0 Å². The molecule has 1 atom stereocenters. The molecule has 0 bridgehead atoms. The number of rotatable bonds is 7. The van der Waals surface area contributed by atoms with Gasteiger partial charge in [-0.1, -0.05) is 26.0 Å². The highest BCUT2D eigenvalue weighted by atomic mass is 16.5. The van der Waals surface area contributed by atoms with Gasteiger partial charge in [-0.15, -0.1) is 0 Å². The van der Waals surface area contributed by atoms with Crippen LogP contribution in [-0.4, -0.2) is 30.9 Å². The van der Waals surface area contributed by atoms with Crippen molar-refractivity contribution < 1.29 is 9.84 Å². The molecule has 1 saturated carbocycles. The lowest BCUT2D eigenvalue weighted by atomic mass is 9.95. The molecule has 2 N–H and O–H groups in total. The standard InChI is InChI=1S/C16H25NO2/c1-12(2)13-4-8-15(9-5-13)19-11-16(10-18,17-3)14-6-7-14/h4-5,8-9,12,14,17-18H,6-7,10-11H2,1-3H3. The molecule has 0 aliphatic heterocycles. The van der Waals surface area contributed by atoms with Gasteiger partial charge in [-0.3, -0.25) is 0 Å². The highest BCUT2D eigenvalue weighted by Crippen LogP contribution is 2.39. The number of likely N-dealkylation sites (N-methyl/N-ethyl adjacent to an activating group) is 1. The zero-order chi connectivity index (χ0) is 13.9. The number of aliphatic hydroxyl groups is 1. The first kappa shape index (κ1) is 14.4. The Morgan fingerprint density at radius 3 is 2.37 bits per heavy atom. The highest BCUT2D eigenvalue weighted by molar-refractivity contribution is 5.29. The molecule has 19 heavy (non-hydrogen) atoms. The van der Waals surface area contributed by atoms with Crippen LogP contribution in [0.5, 0.6) is 5.75 Å². The number of benzene rings is 1. The van der Waals surface area contributed by atoms with Crippen LogP contribution in [0.3, 0.4) is 0 Å². The summed E-state index contributed by atoms with van der Waals surface area (Å²) >= 11 is 0. The monoisotopic (exact) mass is 263 g/mol. The van der Waals surface area contributed by atoms with Gasteiger partial charge >= 0.3 is 0 Å². The van der Waals surface area contributed by atoms with Crippen LogP contribution in [-0.2, 0) is 0 Å².